The molecule has 134 valence electrons. The Hall–Kier alpha value is -1.15. The van der Waals surface area contributed by atoms with Crippen molar-refractivity contribution in [2.45, 2.75) is 37.2 Å². The molecule has 1 aromatic carbocycles. The predicted molar refractivity (Wildman–Crippen MR) is 92.7 cm³/mol. The second kappa shape index (κ2) is 7.82. The summed E-state index contributed by atoms with van der Waals surface area (Å²) < 4.78 is 26.9. The van der Waals surface area contributed by atoms with Gasteiger partial charge in [-0.1, -0.05) is 18.0 Å². The summed E-state index contributed by atoms with van der Waals surface area (Å²) in [5, 5.41) is 9.60. The van der Waals surface area contributed by atoms with Crippen LogP contribution in [0.1, 0.15) is 36.5 Å². The maximum absolute atomic E-state index is 12.7. The minimum absolute atomic E-state index is 0.0718. The van der Waals surface area contributed by atoms with E-state index >= 15 is 0 Å². The van der Waals surface area contributed by atoms with Gasteiger partial charge in [0.15, 0.2) is 0 Å². The third-order valence-corrected chi connectivity index (χ3v) is 6.23. The molecule has 1 amide bonds. The highest BCUT2D eigenvalue weighted by atomic mass is 35.5. The average molecular weight is 375 g/mol. The number of carbonyl (C=O) groups excluding carboxylic acids is 1. The lowest BCUT2D eigenvalue weighted by molar-refractivity contribution is 0.0703. The van der Waals surface area contributed by atoms with Gasteiger partial charge in [-0.25, -0.2) is 8.42 Å². The molecule has 8 heteroatoms. The molecular weight excluding hydrogens is 352 g/mol. The van der Waals surface area contributed by atoms with Crippen LogP contribution in [0.4, 0.5) is 0 Å². The van der Waals surface area contributed by atoms with E-state index in [0.29, 0.717) is 13.1 Å². The van der Waals surface area contributed by atoms with Crippen molar-refractivity contribution >= 4 is 27.5 Å². The summed E-state index contributed by atoms with van der Waals surface area (Å²) in [6.45, 7) is 2.70. The summed E-state index contributed by atoms with van der Waals surface area (Å²) in [4.78, 5) is 13.9. The summed E-state index contributed by atoms with van der Waals surface area (Å²) in [6.07, 6.45) is 2.03. The molecule has 1 aliphatic rings. The first-order valence-electron chi connectivity index (χ1n) is 7.96. The van der Waals surface area contributed by atoms with Gasteiger partial charge >= 0.3 is 0 Å². The Morgan fingerprint density at radius 2 is 1.96 bits per heavy atom. The molecule has 0 bridgehead atoms. The Labute approximate surface area is 148 Å². The fourth-order valence-electron chi connectivity index (χ4n) is 2.77. The molecule has 0 spiro atoms. The first-order valence-corrected chi connectivity index (χ1v) is 9.78. The van der Waals surface area contributed by atoms with Crippen LogP contribution in [-0.2, 0) is 10.0 Å². The molecule has 1 saturated heterocycles. The molecule has 2 rings (SSSR count). The van der Waals surface area contributed by atoms with E-state index in [2.05, 4.69) is 0 Å². The number of piperidine rings is 1. The van der Waals surface area contributed by atoms with Crippen LogP contribution in [0, 0.1) is 0 Å². The molecule has 1 N–H and O–H groups in total. The normalized spacial score (nSPS) is 17.5. The number of hydrogen-bond acceptors (Lipinski definition) is 4. The van der Waals surface area contributed by atoms with Gasteiger partial charge in [0, 0.05) is 26.7 Å². The van der Waals surface area contributed by atoms with Gasteiger partial charge in [-0.15, -0.1) is 0 Å². The van der Waals surface area contributed by atoms with Crippen LogP contribution >= 0.6 is 11.6 Å². The lowest BCUT2D eigenvalue weighted by Gasteiger charge is -2.26. The second-order valence-electron chi connectivity index (χ2n) is 6.14. The minimum atomic E-state index is -3.63. The SMILES string of the molecule is C[C@H](O)CN(C)C(=O)c1cc(S(=O)(=O)N2CCCCC2)ccc1Cl. The zero-order valence-electron chi connectivity index (χ0n) is 13.9. The number of rotatable bonds is 5. The van der Waals surface area contributed by atoms with E-state index in [1.54, 1.807) is 6.92 Å². The number of amides is 1. The minimum Gasteiger partial charge on any atom is -0.392 e. The Morgan fingerprint density at radius 3 is 2.54 bits per heavy atom. The summed E-state index contributed by atoms with van der Waals surface area (Å²) in [7, 11) is -2.09. The molecule has 0 saturated carbocycles. The third kappa shape index (κ3) is 4.27. The molecule has 0 radical (unpaired) electrons. The zero-order valence-corrected chi connectivity index (χ0v) is 15.5. The Morgan fingerprint density at radius 1 is 1.33 bits per heavy atom. The molecule has 6 nitrogen and oxygen atoms in total. The monoisotopic (exact) mass is 374 g/mol. The molecule has 1 atom stereocenters. The topological polar surface area (TPSA) is 77.9 Å². The summed E-state index contributed by atoms with van der Waals surface area (Å²) in [5.74, 6) is -0.420. The van der Waals surface area contributed by atoms with Gasteiger partial charge < -0.3 is 10.0 Å². The largest absolute Gasteiger partial charge is 0.392 e. The number of sulfonamides is 1. The van der Waals surface area contributed by atoms with Gasteiger partial charge in [0.05, 0.1) is 21.6 Å². The van der Waals surface area contributed by atoms with Crippen molar-refractivity contribution in [1.29, 1.82) is 0 Å². The quantitative estimate of drug-likeness (QED) is 0.854. The molecular formula is C16H23ClN2O4S. The number of aliphatic hydroxyl groups excluding tert-OH is 1. The fraction of sp³-hybridized carbons (Fsp3) is 0.562. The number of benzene rings is 1. The van der Waals surface area contributed by atoms with Crippen LogP contribution in [0.25, 0.3) is 0 Å². The molecule has 0 unspecified atom stereocenters. The van der Waals surface area contributed by atoms with Gasteiger partial charge in [-0.2, -0.15) is 4.31 Å². The maximum atomic E-state index is 12.7. The van der Waals surface area contributed by atoms with Crippen molar-refractivity contribution < 1.29 is 18.3 Å². The van der Waals surface area contributed by atoms with Crippen molar-refractivity contribution in [3.05, 3.63) is 28.8 Å². The number of halogens is 1. The molecule has 1 heterocycles. The van der Waals surface area contributed by atoms with Gasteiger partial charge in [0.25, 0.3) is 5.91 Å². The fourth-order valence-corrected chi connectivity index (χ4v) is 4.51. The summed E-state index contributed by atoms with van der Waals surface area (Å²) in [6, 6.07) is 4.19. The molecule has 0 aliphatic carbocycles. The number of aliphatic hydroxyl groups is 1. The molecule has 0 aromatic heterocycles. The number of hydrogen-bond donors (Lipinski definition) is 1. The average Bonchev–Trinajstić information content (AvgIpc) is 2.54. The predicted octanol–water partition coefficient (Wildman–Crippen LogP) is 1.97. The second-order valence-corrected chi connectivity index (χ2v) is 8.49. The highest BCUT2D eigenvalue weighted by Crippen LogP contribution is 2.25. The van der Waals surface area contributed by atoms with Gasteiger partial charge in [-0.05, 0) is 38.0 Å². The van der Waals surface area contributed by atoms with Crippen LogP contribution in [-0.4, -0.2) is 61.4 Å². The van der Waals surface area contributed by atoms with E-state index in [0.717, 1.165) is 19.3 Å². The highest BCUT2D eigenvalue weighted by molar-refractivity contribution is 7.89. The molecule has 1 aromatic rings. The Kier molecular flexibility index (Phi) is 6.25. The summed E-state index contributed by atoms with van der Waals surface area (Å²) in [5.41, 5.74) is 0.123. The molecule has 1 aliphatic heterocycles. The highest BCUT2D eigenvalue weighted by Gasteiger charge is 2.27. The molecule has 24 heavy (non-hydrogen) atoms. The lowest BCUT2D eigenvalue weighted by atomic mass is 10.2. The van der Waals surface area contributed by atoms with E-state index < -0.39 is 22.0 Å². The van der Waals surface area contributed by atoms with Crippen LogP contribution in [0.2, 0.25) is 5.02 Å². The van der Waals surface area contributed by atoms with E-state index in [9.17, 15) is 18.3 Å². The van der Waals surface area contributed by atoms with Gasteiger partial charge in [-0.3, -0.25) is 4.79 Å². The van der Waals surface area contributed by atoms with E-state index in [4.69, 9.17) is 11.6 Å². The van der Waals surface area contributed by atoms with E-state index in [-0.39, 0.29) is 22.0 Å². The van der Waals surface area contributed by atoms with Crippen molar-refractivity contribution in [2.75, 3.05) is 26.7 Å². The lowest BCUT2D eigenvalue weighted by Crippen LogP contribution is -2.36. The van der Waals surface area contributed by atoms with E-state index in [1.165, 1.54) is 34.5 Å². The maximum Gasteiger partial charge on any atom is 0.255 e. The number of likely N-dealkylation sites (N-methyl/N-ethyl adjacent to an activating group) is 1. The van der Waals surface area contributed by atoms with Crippen molar-refractivity contribution in [2.24, 2.45) is 0 Å². The third-order valence-electron chi connectivity index (χ3n) is 4.01. The van der Waals surface area contributed by atoms with Crippen molar-refractivity contribution in [3.63, 3.8) is 0 Å². The van der Waals surface area contributed by atoms with E-state index in [1.807, 2.05) is 0 Å². The number of nitrogens with zero attached hydrogens (tertiary/aromatic N) is 2. The van der Waals surface area contributed by atoms with Crippen LogP contribution in [0.3, 0.4) is 0 Å². The number of carbonyl (C=O) groups is 1. The first-order chi connectivity index (χ1) is 11.2. The zero-order chi connectivity index (χ0) is 17.9. The van der Waals surface area contributed by atoms with Crippen LogP contribution in [0.5, 0.6) is 0 Å². The van der Waals surface area contributed by atoms with Gasteiger partial charge in [0.2, 0.25) is 10.0 Å². The first kappa shape index (κ1) is 19.2. The van der Waals surface area contributed by atoms with Crippen molar-refractivity contribution in [3.8, 4) is 0 Å². The standard InChI is InChI=1S/C16H23ClN2O4S/c1-12(20)11-18(2)16(21)14-10-13(6-7-15(14)17)24(22,23)19-8-4-3-5-9-19/h6-7,10,12,20H,3-5,8-9,11H2,1-2H3/t12-/m0/s1. The summed E-state index contributed by atoms with van der Waals surface area (Å²) >= 11 is 6.09. The van der Waals surface area contributed by atoms with Crippen LogP contribution < -0.4 is 0 Å². The Bertz CT molecular complexity index is 700. The Balaban J connectivity index is 2.32. The smallest absolute Gasteiger partial charge is 0.255 e. The van der Waals surface area contributed by atoms with Crippen LogP contribution in [0.15, 0.2) is 23.1 Å². The van der Waals surface area contributed by atoms with Crippen molar-refractivity contribution in [1.82, 2.24) is 9.21 Å². The molecule has 1 fully saturated rings. The van der Waals surface area contributed by atoms with Gasteiger partial charge in [0.1, 0.15) is 0 Å².